The first-order valence-corrected chi connectivity index (χ1v) is 9.94. The van der Waals surface area contributed by atoms with Crippen LogP contribution >= 0.6 is 0 Å². The molecule has 2 rings (SSSR count). The van der Waals surface area contributed by atoms with E-state index in [1.165, 1.54) is 25.7 Å². The Morgan fingerprint density at radius 1 is 1.10 bits per heavy atom. The van der Waals surface area contributed by atoms with Gasteiger partial charge in [0.1, 0.15) is 0 Å². The Morgan fingerprint density at radius 3 is 2.60 bits per heavy atom. The molecular formula is C15H30N2O2S. The van der Waals surface area contributed by atoms with Gasteiger partial charge in [-0.3, -0.25) is 0 Å². The minimum absolute atomic E-state index is 0.279. The lowest BCUT2D eigenvalue weighted by Gasteiger charge is -2.21. The van der Waals surface area contributed by atoms with Crippen molar-refractivity contribution >= 4 is 10.0 Å². The van der Waals surface area contributed by atoms with Crippen molar-refractivity contribution in [1.29, 1.82) is 0 Å². The van der Waals surface area contributed by atoms with Gasteiger partial charge in [-0.1, -0.05) is 13.3 Å². The molecule has 4 nitrogen and oxygen atoms in total. The van der Waals surface area contributed by atoms with Gasteiger partial charge in [0.05, 0.1) is 5.75 Å². The summed E-state index contributed by atoms with van der Waals surface area (Å²) < 4.78 is 26.7. The van der Waals surface area contributed by atoms with Gasteiger partial charge < -0.3 is 5.32 Å². The molecule has 0 saturated heterocycles. The van der Waals surface area contributed by atoms with Gasteiger partial charge in [0.25, 0.3) is 0 Å². The molecule has 2 saturated carbocycles. The van der Waals surface area contributed by atoms with E-state index >= 15 is 0 Å². The molecule has 0 amide bonds. The summed E-state index contributed by atoms with van der Waals surface area (Å²) in [5.41, 5.74) is 0. The third-order valence-corrected chi connectivity index (χ3v) is 6.33. The van der Waals surface area contributed by atoms with E-state index in [2.05, 4.69) is 17.0 Å². The second-order valence-corrected chi connectivity index (χ2v) is 8.49. The van der Waals surface area contributed by atoms with Crippen molar-refractivity contribution in [3.8, 4) is 0 Å². The fraction of sp³-hybridized carbons (Fsp3) is 1.00. The van der Waals surface area contributed by atoms with E-state index < -0.39 is 10.0 Å². The average Bonchev–Trinajstić information content (AvgIpc) is 3.03. The van der Waals surface area contributed by atoms with Crippen LogP contribution in [0.5, 0.6) is 0 Å². The summed E-state index contributed by atoms with van der Waals surface area (Å²) in [7, 11) is -3.06. The second kappa shape index (κ2) is 7.76. The van der Waals surface area contributed by atoms with E-state index in [0.717, 1.165) is 44.2 Å². The highest BCUT2D eigenvalue weighted by Crippen LogP contribution is 2.47. The van der Waals surface area contributed by atoms with Gasteiger partial charge in [-0.2, -0.15) is 0 Å². The fourth-order valence-electron chi connectivity index (χ4n) is 3.78. The first-order chi connectivity index (χ1) is 9.61. The first-order valence-electron chi connectivity index (χ1n) is 8.28. The monoisotopic (exact) mass is 302 g/mol. The summed E-state index contributed by atoms with van der Waals surface area (Å²) in [6.45, 7) is 4.76. The van der Waals surface area contributed by atoms with Crippen molar-refractivity contribution in [3.05, 3.63) is 0 Å². The molecule has 0 aromatic rings. The Morgan fingerprint density at radius 2 is 1.95 bits per heavy atom. The zero-order valence-corrected chi connectivity index (χ0v) is 13.6. The molecule has 3 atom stereocenters. The smallest absolute Gasteiger partial charge is 0.211 e. The topological polar surface area (TPSA) is 58.2 Å². The van der Waals surface area contributed by atoms with E-state index in [1.54, 1.807) is 0 Å². The summed E-state index contributed by atoms with van der Waals surface area (Å²) in [6, 6.07) is 0. The van der Waals surface area contributed by atoms with Crippen molar-refractivity contribution in [2.75, 3.05) is 25.4 Å². The van der Waals surface area contributed by atoms with Crippen molar-refractivity contribution in [3.63, 3.8) is 0 Å². The minimum Gasteiger partial charge on any atom is -0.317 e. The Kier molecular flexibility index (Phi) is 6.30. The maximum absolute atomic E-state index is 12.0. The van der Waals surface area contributed by atoms with Crippen LogP contribution in [0.4, 0.5) is 0 Å². The Labute approximate surface area is 124 Å². The Hall–Kier alpha value is -0.130. The summed E-state index contributed by atoms with van der Waals surface area (Å²) in [5, 5.41) is 3.30. The third kappa shape index (κ3) is 5.01. The van der Waals surface area contributed by atoms with Gasteiger partial charge in [0.2, 0.25) is 10.0 Å². The Bertz CT molecular complexity index is 383. The van der Waals surface area contributed by atoms with Crippen LogP contribution in [-0.4, -0.2) is 33.8 Å². The van der Waals surface area contributed by atoms with Crippen molar-refractivity contribution in [2.24, 2.45) is 17.8 Å². The molecule has 2 aliphatic carbocycles. The van der Waals surface area contributed by atoms with Crippen LogP contribution in [0.2, 0.25) is 0 Å². The standard InChI is InChI=1S/C15H30N2O2S/c1-2-7-16-8-3-4-9-20(18,19)17-12-15-11-13-5-6-14(15)10-13/h13-17H,2-12H2,1H3. The summed E-state index contributed by atoms with van der Waals surface area (Å²) in [4.78, 5) is 0. The Balaban J connectivity index is 1.57. The highest BCUT2D eigenvalue weighted by Gasteiger charge is 2.39. The van der Waals surface area contributed by atoms with Crippen LogP contribution in [0.15, 0.2) is 0 Å². The third-order valence-electron chi connectivity index (χ3n) is 4.89. The van der Waals surface area contributed by atoms with Crippen LogP contribution in [0.3, 0.4) is 0 Å². The molecule has 0 heterocycles. The molecular weight excluding hydrogens is 272 g/mol. The number of hydrogen-bond donors (Lipinski definition) is 2. The fourth-order valence-corrected chi connectivity index (χ4v) is 4.97. The zero-order chi connectivity index (χ0) is 14.4. The first kappa shape index (κ1) is 16.2. The normalized spacial score (nSPS) is 29.1. The molecule has 2 fully saturated rings. The number of unbranched alkanes of at least 4 members (excludes halogenated alkanes) is 1. The molecule has 118 valence electrons. The summed E-state index contributed by atoms with van der Waals surface area (Å²) in [6.07, 6.45) is 8.10. The number of fused-ring (bicyclic) bond motifs is 2. The van der Waals surface area contributed by atoms with E-state index in [9.17, 15) is 8.42 Å². The molecule has 0 aromatic carbocycles. The van der Waals surface area contributed by atoms with Gasteiger partial charge in [-0.05, 0) is 69.4 Å². The minimum atomic E-state index is -3.06. The molecule has 2 aliphatic rings. The number of sulfonamides is 1. The lowest BCUT2D eigenvalue weighted by Crippen LogP contribution is -2.33. The van der Waals surface area contributed by atoms with Crippen molar-refractivity contribution in [2.45, 2.75) is 51.9 Å². The highest BCUT2D eigenvalue weighted by atomic mass is 32.2. The number of hydrogen-bond acceptors (Lipinski definition) is 3. The van der Waals surface area contributed by atoms with Gasteiger partial charge in [0, 0.05) is 6.54 Å². The predicted octanol–water partition coefficient (Wildman–Crippen LogP) is 2.12. The van der Waals surface area contributed by atoms with Crippen LogP contribution in [-0.2, 0) is 10.0 Å². The molecule has 0 aromatic heterocycles. The molecule has 0 aliphatic heterocycles. The molecule has 2 N–H and O–H groups in total. The number of rotatable bonds is 10. The quantitative estimate of drug-likeness (QED) is 0.608. The largest absolute Gasteiger partial charge is 0.317 e. The average molecular weight is 302 g/mol. The van der Waals surface area contributed by atoms with Crippen LogP contribution in [0.25, 0.3) is 0 Å². The highest BCUT2D eigenvalue weighted by molar-refractivity contribution is 7.89. The lowest BCUT2D eigenvalue weighted by atomic mass is 9.89. The summed E-state index contributed by atoms with van der Waals surface area (Å²) >= 11 is 0. The van der Waals surface area contributed by atoms with E-state index in [4.69, 9.17) is 0 Å². The maximum Gasteiger partial charge on any atom is 0.211 e. The van der Waals surface area contributed by atoms with Crippen LogP contribution in [0.1, 0.15) is 51.9 Å². The van der Waals surface area contributed by atoms with Gasteiger partial charge in [-0.15, -0.1) is 0 Å². The molecule has 2 bridgehead atoms. The lowest BCUT2D eigenvalue weighted by molar-refractivity contribution is 0.332. The van der Waals surface area contributed by atoms with Gasteiger partial charge >= 0.3 is 0 Å². The van der Waals surface area contributed by atoms with Gasteiger partial charge in [-0.25, -0.2) is 13.1 Å². The van der Waals surface area contributed by atoms with Crippen LogP contribution in [0, 0.1) is 17.8 Å². The van der Waals surface area contributed by atoms with Crippen LogP contribution < -0.4 is 10.0 Å². The SMILES string of the molecule is CCCNCCCCS(=O)(=O)NCC1CC2CCC1C2. The zero-order valence-electron chi connectivity index (χ0n) is 12.7. The van der Waals surface area contributed by atoms with E-state index in [-0.39, 0.29) is 5.75 Å². The predicted molar refractivity (Wildman–Crippen MR) is 83.1 cm³/mol. The maximum atomic E-state index is 12.0. The molecule has 0 spiro atoms. The van der Waals surface area contributed by atoms with Crippen molar-refractivity contribution in [1.82, 2.24) is 10.0 Å². The molecule has 20 heavy (non-hydrogen) atoms. The van der Waals surface area contributed by atoms with Crippen molar-refractivity contribution < 1.29 is 8.42 Å². The molecule has 5 heteroatoms. The summed E-state index contributed by atoms with van der Waals surface area (Å²) in [5.74, 6) is 2.57. The van der Waals surface area contributed by atoms with Gasteiger partial charge in [0.15, 0.2) is 0 Å². The molecule has 3 unspecified atom stereocenters. The van der Waals surface area contributed by atoms with E-state index in [1.807, 2.05) is 0 Å². The second-order valence-electron chi connectivity index (χ2n) is 6.56. The number of nitrogens with one attached hydrogen (secondary N) is 2. The molecule has 0 radical (unpaired) electrons. The van der Waals surface area contributed by atoms with E-state index in [0.29, 0.717) is 12.5 Å².